The number of amides is 1. The Bertz CT molecular complexity index is 1080. The van der Waals surface area contributed by atoms with Gasteiger partial charge in [-0.15, -0.1) is 0 Å². The number of fused-ring (bicyclic) bond motifs is 1. The van der Waals surface area contributed by atoms with Crippen molar-refractivity contribution in [1.82, 2.24) is 9.97 Å². The second-order valence-electron chi connectivity index (χ2n) is 7.79. The topological polar surface area (TPSA) is 87.4 Å². The molecular weight excluding hydrogens is 376 g/mol. The molecule has 1 aliphatic heterocycles. The number of benzene rings is 2. The van der Waals surface area contributed by atoms with Gasteiger partial charge in [0.05, 0.1) is 17.1 Å². The molecule has 3 N–H and O–H groups in total. The molecule has 4 rings (SSSR count). The number of hydrogen-bond acceptors (Lipinski definition) is 6. The maximum absolute atomic E-state index is 12.6. The van der Waals surface area contributed by atoms with Crippen molar-refractivity contribution in [3.63, 3.8) is 0 Å². The first-order chi connectivity index (χ1) is 14.3. The molecule has 0 radical (unpaired) electrons. The molecular formula is C23H26N6O. The van der Waals surface area contributed by atoms with Crippen LogP contribution < -0.4 is 20.9 Å². The summed E-state index contributed by atoms with van der Waals surface area (Å²) in [6.45, 7) is 6.14. The monoisotopic (exact) mass is 402 g/mol. The van der Waals surface area contributed by atoms with Crippen LogP contribution in [-0.4, -0.2) is 35.0 Å². The molecule has 0 aliphatic carbocycles. The molecule has 1 aliphatic rings. The Hall–Kier alpha value is -3.61. The van der Waals surface area contributed by atoms with Gasteiger partial charge in [0.1, 0.15) is 6.04 Å². The first kappa shape index (κ1) is 19.7. The molecule has 1 aromatic heterocycles. The number of likely N-dealkylation sites (N-methyl/N-ethyl adjacent to an activating group) is 1. The lowest BCUT2D eigenvalue weighted by Crippen LogP contribution is -2.53. The fraction of sp³-hybridized carbons (Fsp3) is 0.261. The van der Waals surface area contributed by atoms with E-state index in [1.807, 2.05) is 62.5 Å². The largest absolute Gasteiger partial charge is 0.399 e. The van der Waals surface area contributed by atoms with E-state index < -0.39 is 0 Å². The Morgan fingerprint density at radius 3 is 2.50 bits per heavy atom. The minimum absolute atomic E-state index is 0.0939. The van der Waals surface area contributed by atoms with Crippen molar-refractivity contribution >= 4 is 34.6 Å². The molecule has 2 aromatic carbocycles. The van der Waals surface area contributed by atoms with Crippen LogP contribution in [0.25, 0.3) is 11.3 Å². The standard InChI is InChI=1S/C23H26N6O/c1-14(2)29-15(3)22(30)28(4)20-10-9-18(13-21(20)29)26-23-25-12-11-19(27-23)16-5-7-17(24)8-6-16/h5-15H,24H2,1-4H3,(H,25,26,27)/t15-/m1/s1. The number of rotatable bonds is 4. The Morgan fingerprint density at radius 1 is 1.07 bits per heavy atom. The van der Waals surface area contributed by atoms with Gasteiger partial charge in [0.15, 0.2) is 0 Å². The van der Waals surface area contributed by atoms with Crippen molar-refractivity contribution in [2.24, 2.45) is 0 Å². The van der Waals surface area contributed by atoms with E-state index in [1.54, 1.807) is 11.1 Å². The fourth-order valence-electron chi connectivity index (χ4n) is 3.91. The van der Waals surface area contributed by atoms with E-state index in [2.05, 4.69) is 34.0 Å². The molecule has 154 valence electrons. The Kier molecular flexibility index (Phi) is 5.03. The average Bonchev–Trinajstić information content (AvgIpc) is 2.73. The zero-order valence-electron chi connectivity index (χ0n) is 17.6. The van der Waals surface area contributed by atoms with Gasteiger partial charge in [-0.1, -0.05) is 12.1 Å². The molecule has 2 heterocycles. The molecule has 1 atom stereocenters. The summed E-state index contributed by atoms with van der Waals surface area (Å²) in [6.07, 6.45) is 1.73. The number of nitrogens with one attached hydrogen (secondary N) is 1. The fourth-order valence-corrected chi connectivity index (χ4v) is 3.91. The van der Waals surface area contributed by atoms with Gasteiger partial charge in [0, 0.05) is 36.2 Å². The van der Waals surface area contributed by atoms with Crippen molar-refractivity contribution in [3.8, 4) is 11.3 Å². The van der Waals surface area contributed by atoms with Crippen LogP contribution in [0.15, 0.2) is 54.7 Å². The van der Waals surface area contributed by atoms with E-state index in [4.69, 9.17) is 5.73 Å². The highest BCUT2D eigenvalue weighted by Gasteiger charge is 2.34. The molecule has 0 spiro atoms. The van der Waals surface area contributed by atoms with Gasteiger partial charge in [0.2, 0.25) is 11.9 Å². The van der Waals surface area contributed by atoms with Crippen molar-refractivity contribution in [1.29, 1.82) is 0 Å². The van der Waals surface area contributed by atoms with Crippen LogP contribution >= 0.6 is 0 Å². The van der Waals surface area contributed by atoms with Gasteiger partial charge < -0.3 is 20.9 Å². The van der Waals surface area contributed by atoms with Crippen LogP contribution in [0.2, 0.25) is 0 Å². The van der Waals surface area contributed by atoms with Crippen LogP contribution in [-0.2, 0) is 4.79 Å². The highest BCUT2D eigenvalue weighted by Crippen LogP contribution is 2.39. The Labute approximate surface area is 176 Å². The quantitative estimate of drug-likeness (QED) is 0.640. The van der Waals surface area contributed by atoms with Crippen LogP contribution in [0, 0.1) is 0 Å². The van der Waals surface area contributed by atoms with Crippen LogP contribution in [0.4, 0.5) is 28.7 Å². The molecule has 0 bridgehead atoms. The molecule has 0 saturated carbocycles. The second-order valence-corrected chi connectivity index (χ2v) is 7.79. The molecule has 0 unspecified atom stereocenters. The van der Waals surface area contributed by atoms with Gasteiger partial charge in [-0.2, -0.15) is 0 Å². The van der Waals surface area contributed by atoms with E-state index in [0.717, 1.165) is 28.3 Å². The summed E-state index contributed by atoms with van der Waals surface area (Å²) < 4.78 is 0. The number of aromatic nitrogens is 2. The SMILES string of the molecule is CC(C)N1c2cc(Nc3nccc(-c4ccc(N)cc4)n3)ccc2N(C)C(=O)[C@H]1C. The molecule has 1 amide bonds. The Morgan fingerprint density at radius 2 is 1.80 bits per heavy atom. The summed E-state index contributed by atoms with van der Waals surface area (Å²) in [6, 6.07) is 15.4. The molecule has 3 aromatic rings. The van der Waals surface area contributed by atoms with Crippen LogP contribution in [0.1, 0.15) is 20.8 Å². The highest BCUT2D eigenvalue weighted by molar-refractivity contribution is 6.05. The van der Waals surface area contributed by atoms with Crippen LogP contribution in [0.3, 0.4) is 0 Å². The number of carbonyl (C=O) groups is 1. The van der Waals surface area contributed by atoms with Crippen molar-refractivity contribution < 1.29 is 4.79 Å². The average molecular weight is 403 g/mol. The zero-order valence-corrected chi connectivity index (χ0v) is 17.6. The lowest BCUT2D eigenvalue weighted by molar-refractivity contribution is -0.119. The van der Waals surface area contributed by atoms with E-state index in [0.29, 0.717) is 11.6 Å². The van der Waals surface area contributed by atoms with Gasteiger partial charge in [-0.3, -0.25) is 4.79 Å². The zero-order chi connectivity index (χ0) is 21.4. The molecule has 0 fully saturated rings. The lowest BCUT2D eigenvalue weighted by atomic mass is 10.0. The predicted octanol–water partition coefficient (Wildman–Crippen LogP) is 4.05. The third-order valence-corrected chi connectivity index (χ3v) is 5.39. The number of carbonyl (C=O) groups excluding carboxylic acids is 1. The van der Waals surface area contributed by atoms with Crippen molar-refractivity contribution in [2.75, 3.05) is 27.9 Å². The third-order valence-electron chi connectivity index (χ3n) is 5.39. The second kappa shape index (κ2) is 7.67. The summed E-state index contributed by atoms with van der Waals surface area (Å²) in [5, 5.41) is 3.30. The molecule has 7 heteroatoms. The summed E-state index contributed by atoms with van der Waals surface area (Å²) in [7, 11) is 1.82. The highest BCUT2D eigenvalue weighted by atomic mass is 16.2. The summed E-state index contributed by atoms with van der Waals surface area (Å²) in [5.41, 5.74) is 11.1. The smallest absolute Gasteiger partial charge is 0.249 e. The van der Waals surface area contributed by atoms with E-state index in [1.165, 1.54) is 0 Å². The lowest BCUT2D eigenvalue weighted by Gasteiger charge is -2.42. The minimum Gasteiger partial charge on any atom is -0.399 e. The number of nitrogens with zero attached hydrogens (tertiary/aromatic N) is 4. The van der Waals surface area contributed by atoms with Gasteiger partial charge in [0.25, 0.3) is 0 Å². The predicted molar refractivity (Wildman–Crippen MR) is 122 cm³/mol. The van der Waals surface area contributed by atoms with E-state index in [-0.39, 0.29) is 18.0 Å². The van der Waals surface area contributed by atoms with E-state index in [9.17, 15) is 4.79 Å². The summed E-state index contributed by atoms with van der Waals surface area (Å²) in [5.74, 6) is 0.602. The summed E-state index contributed by atoms with van der Waals surface area (Å²) >= 11 is 0. The maximum atomic E-state index is 12.6. The first-order valence-corrected chi connectivity index (χ1v) is 10.0. The van der Waals surface area contributed by atoms with Crippen LogP contribution in [0.5, 0.6) is 0 Å². The maximum Gasteiger partial charge on any atom is 0.249 e. The van der Waals surface area contributed by atoms with Crippen molar-refractivity contribution in [2.45, 2.75) is 32.9 Å². The summed E-state index contributed by atoms with van der Waals surface area (Å²) in [4.78, 5) is 25.5. The minimum atomic E-state index is -0.220. The third kappa shape index (κ3) is 3.54. The number of anilines is 5. The normalized spacial score (nSPS) is 16.0. The molecule has 7 nitrogen and oxygen atoms in total. The number of nitrogen functional groups attached to an aromatic ring is 1. The number of nitrogens with two attached hydrogens (primary N) is 1. The first-order valence-electron chi connectivity index (χ1n) is 10.0. The van der Waals surface area contributed by atoms with E-state index >= 15 is 0 Å². The molecule has 30 heavy (non-hydrogen) atoms. The van der Waals surface area contributed by atoms with Gasteiger partial charge in [-0.05, 0) is 57.2 Å². The van der Waals surface area contributed by atoms with Gasteiger partial charge >= 0.3 is 0 Å². The van der Waals surface area contributed by atoms with Crippen molar-refractivity contribution in [3.05, 3.63) is 54.7 Å². The Balaban J connectivity index is 1.66. The number of hydrogen-bond donors (Lipinski definition) is 2. The molecule has 0 saturated heterocycles. The van der Waals surface area contributed by atoms with Gasteiger partial charge in [-0.25, -0.2) is 9.97 Å².